The second-order valence-corrected chi connectivity index (χ2v) is 4.49. The van der Waals surface area contributed by atoms with Crippen LogP contribution in [0.25, 0.3) is 0 Å². The summed E-state index contributed by atoms with van der Waals surface area (Å²) in [6, 6.07) is 4.90. The van der Waals surface area contributed by atoms with Gasteiger partial charge in [0.2, 0.25) is 0 Å². The summed E-state index contributed by atoms with van der Waals surface area (Å²) in [5.74, 6) is -3.52. The Morgan fingerprint density at radius 1 is 1.04 bits per heavy atom. The zero-order valence-corrected chi connectivity index (χ0v) is 12.8. The van der Waals surface area contributed by atoms with E-state index in [0.29, 0.717) is 0 Å². The summed E-state index contributed by atoms with van der Waals surface area (Å²) >= 11 is 0. The molecule has 0 heterocycles. The minimum absolute atomic E-state index is 0.0699. The standard InChI is InChI=1S/C15H17NO7/c1-3-22-14(18)12(15(19)23-4-2)9-13(17)10-5-7-11(8-6-10)16(20)21/h5-8,12H,3-4,9H2,1-2H3. The predicted molar refractivity (Wildman–Crippen MR) is 78.8 cm³/mol. The number of nitro benzene ring substituents is 1. The highest BCUT2D eigenvalue weighted by molar-refractivity contribution is 6.04. The molecule has 0 saturated carbocycles. The van der Waals surface area contributed by atoms with Crippen LogP contribution in [-0.4, -0.2) is 35.9 Å². The summed E-state index contributed by atoms with van der Waals surface area (Å²) in [7, 11) is 0. The number of hydrogen-bond acceptors (Lipinski definition) is 7. The Morgan fingerprint density at radius 2 is 1.52 bits per heavy atom. The van der Waals surface area contributed by atoms with E-state index >= 15 is 0 Å². The van der Waals surface area contributed by atoms with Crippen LogP contribution in [0.2, 0.25) is 0 Å². The van der Waals surface area contributed by atoms with Gasteiger partial charge < -0.3 is 9.47 Å². The largest absolute Gasteiger partial charge is 0.465 e. The number of nitrogens with zero attached hydrogens (tertiary/aromatic N) is 1. The topological polar surface area (TPSA) is 113 Å². The quantitative estimate of drug-likeness (QED) is 0.236. The van der Waals surface area contributed by atoms with Crippen molar-refractivity contribution in [2.45, 2.75) is 20.3 Å². The average Bonchev–Trinajstić information content (AvgIpc) is 2.52. The van der Waals surface area contributed by atoms with E-state index in [1.54, 1.807) is 13.8 Å². The lowest BCUT2D eigenvalue weighted by Gasteiger charge is -2.13. The molecule has 0 aliphatic rings. The lowest BCUT2D eigenvalue weighted by atomic mass is 9.98. The van der Waals surface area contributed by atoms with Gasteiger partial charge in [-0.3, -0.25) is 24.5 Å². The first-order valence-corrected chi connectivity index (χ1v) is 7.01. The van der Waals surface area contributed by atoms with E-state index in [1.807, 2.05) is 0 Å². The summed E-state index contributed by atoms with van der Waals surface area (Å²) < 4.78 is 9.56. The summed E-state index contributed by atoms with van der Waals surface area (Å²) in [6.07, 6.45) is -0.421. The summed E-state index contributed by atoms with van der Waals surface area (Å²) in [4.78, 5) is 45.8. The number of hydrogen-bond donors (Lipinski definition) is 0. The molecular formula is C15H17NO7. The van der Waals surface area contributed by atoms with E-state index in [9.17, 15) is 24.5 Å². The zero-order valence-electron chi connectivity index (χ0n) is 12.8. The third-order valence-corrected chi connectivity index (χ3v) is 2.93. The number of rotatable bonds is 8. The summed E-state index contributed by atoms with van der Waals surface area (Å²) in [5, 5.41) is 10.6. The van der Waals surface area contributed by atoms with Gasteiger partial charge in [-0.15, -0.1) is 0 Å². The van der Waals surface area contributed by atoms with Crippen molar-refractivity contribution in [1.82, 2.24) is 0 Å². The number of esters is 2. The highest BCUT2D eigenvalue weighted by atomic mass is 16.6. The molecule has 0 atom stereocenters. The first-order chi connectivity index (χ1) is 10.9. The van der Waals surface area contributed by atoms with Crippen LogP contribution < -0.4 is 0 Å². The molecule has 0 N–H and O–H groups in total. The molecule has 8 nitrogen and oxygen atoms in total. The SMILES string of the molecule is CCOC(=O)C(CC(=O)c1ccc([N+](=O)[O-])cc1)C(=O)OCC. The fourth-order valence-corrected chi connectivity index (χ4v) is 1.82. The molecule has 8 heteroatoms. The van der Waals surface area contributed by atoms with Gasteiger partial charge in [0.15, 0.2) is 11.7 Å². The Balaban J connectivity index is 2.89. The molecule has 0 unspecified atom stereocenters. The normalized spacial score (nSPS) is 10.2. The number of non-ortho nitro benzene ring substituents is 1. The maximum Gasteiger partial charge on any atom is 0.320 e. The van der Waals surface area contributed by atoms with E-state index < -0.39 is 35.0 Å². The monoisotopic (exact) mass is 323 g/mol. The Kier molecular flexibility index (Phi) is 6.85. The second kappa shape index (κ2) is 8.62. The molecule has 0 bridgehead atoms. The van der Waals surface area contributed by atoms with Crippen molar-refractivity contribution in [2.75, 3.05) is 13.2 Å². The molecule has 0 aliphatic heterocycles. The van der Waals surface area contributed by atoms with Crippen molar-refractivity contribution in [3.05, 3.63) is 39.9 Å². The van der Waals surface area contributed by atoms with Gasteiger partial charge in [0.05, 0.1) is 18.1 Å². The van der Waals surface area contributed by atoms with E-state index in [0.717, 1.165) is 0 Å². The molecule has 1 aromatic carbocycles. The number of carbonyl (C=O) groups excluding carboxylic acids is 3. The van der Waals surface area contributed by atoms with Crippen molar-refractivity contribution in [3.8, 4) is 0 Å². The molecule has 0 amide bonds. The maximum absolute atomic E-state index is 12.2. The Labute approximate surface area is 132 Å². The Bertz CT molecular complexity index is 576. The van der Waals surface area contributed by atoms with Crippen LogP contribution in [0.1, 0.15) is 30.6 Å². The number of carbonyl (C=O) groups is 3. The molecule has 0 saturated heterocycles. The van der Waals surface area contributed by atoms with Crippen molar-refractivity contribution in [1.29, 1.82) is 0 Å². The minimum atomic E-state index is -1.35. The van der Waals surface area contributed by atoms with Gasteiger partial charge in [0, 0.05) is 24.1 Å². The fraction of sp³-hybridized carbons (Fsp3) is 0.400. The molecule has 23 heavy (non-hydrogen) atoms. The number of ketones is 1. The number of nitro groups is 1. The van der Waals surface area contributed by atoms with Gasteiger partial charge in [-0.25, -0.2) is 0 Å². The van der Waals surface area contributed by atoms with Crippen LogP contribution in [0, 0.1) is 16.0 Å². The second-order valence-electron chi connectivity index (χ2n) is 4.49. The molecule has 1 rings (SSSR count). The smallest absolute Gasteiger partial charge is 0.320 e. The van der Waals surface area contributed by atoms with E-state index in [4.69, 9.17) is 9.47 Å². The first-order valence-electron chi connectivity index (χ1n) is 7.01. The lowest BCUT2D eigenvalue weighted by Crippen LogP contribution is -2.30. The fourth-order valence-electron chi connectivity index (χ4n) is 1.82. The summed E-state index contributed by atoms with van der Waals surface area (Å²) in [5.41, 5.74) is 0.00285. The third-order valence-electron chi connectivity index (χ3n) is 2.93. The van der Waals surface area contributed by atoms with Crippen molar-refractivity contribution < 1.29 is 28.8 Å². The Hall–Kier alpha value is -2.77. The molecule has 0 aliphatic carbocycles. The van der Waals surface area contributed by atoms with Crippen LogP contribution in [0.5, 0.6) is 0 Å². The van der Waals surface area contributed by atoms with Crippen LogP contribution in [-0.2, 0) is 19.1 Å². The van der Waals surface area contributed by atoms with Crippen LogP contribution in [0.4, 0.5) is 5.69 Å². The Morgan fingerprint density at radius 3 is 1.91 bits per heavy atom. The molecule has 0 radical (unpaired) electrons. The zero-order chi connectivity index (χ0) is 17.4. The van der Waals surface area contributed by atoms with Crippen LogP contribution >= 0.6 is 0 Å². The van der Waals surface area contributed by atoms with Crippen molar-refractivity contribution in [3.63, 3.8) is 0 Å². The molecule has 124 valence electrons. The van der Waals surface area contributed by atoms with Crippen molar-refractivity contribution in [2.24, 2.45) is 5.92 Å². The highest BCUT2D eigenvalue weighted by Gasteiger charge is 2.32. The van der Waals surface area contributed by atoms with Gasteiger partial charge in [-0.1, -0.05) is 0 Å². The lowest BCUT2D eigenvalue weighted by molar-refractivity contribution is -0.384. The molecule has 0 aromatic heterocycles. The van der Waals surface area contributed by atoms with Gasteiger partial charge in [-0.05, 0) is 26.0 Å². The summed E-state index contributed by atoms with van der Waals surface area (Å²) in [6.45, 7) is 3.30. The van der Waals surface area contributed by atoms with E-state index in [1.165, 1.54) is 24.3 Å². The number of benzene rings is 1. The molecular weight excluding hydrogens is 306 g/mol. The first kappa shape index (κ1) is 18.3. The molecule has 0 fully saturated rings. The maximum atomic E-state index is 12.2. The number of Topliss-reactive ketones (excluding diaryl/α,β-unsaturated/α-hetero) is 1. The van der Waals surface area contributed by atoms with Crippen molar-refractivity contribution >= 4 is 23.4 Å². The molecule has 1 aromatic rings. The van der Waals surface area contributed by atoms with Gasteiger partial charge in [0.1, 0.15) is 0 Å². The molecule has 0 spiro atoms. The highest BCUT2D eigenvalue weighted by Crippen LogP contribution is 2.17. The average molecular weight is 323 g/mol. The van der Waals surface area contributed by atoms with Crippen LogP contribution in [0.3, 0.4) is 0 Å². The predicted octanol–water partition coefficient (Wildman–Crippen LogP) is 1.91. The minimum Gasteiger partial charge on any atom is -0.465 e. The van der Waals surface area contributed by atoms with E-state index in [2.05, 4.69) is 0 Å². The van der Waals surface area contributed by atoms with E-state index in [-0.39, 0.29) is 24.5 Å². The van der Waals surface area contributed by atoms with Gasteiger partial charge in [-0.2, -0.15) is 0 Å². The third kappa shape index (κ3) is 5.17. The van der Waals surface area contributed by atoms with Crippen LogP contribution in [0.15, 0.2) is 24.3 Å². The van der Waals surface area contributed by atoms with Gasteiger partial charge in [0.25, 0.3) is 5.69 Å². The van der Waals surface area contributed by atoms with Gasteiger partial charge >= 0.3 is 11.9 Å². The number of ether oxygens (including phenoxy) is 2.